The molecule has 5 rings (SSSR count). The van der Waals surface area contributed by atoms with Crippen molar-refractivity contribution in [2.24, 2.45) is 0 Å². The Hall–Kier alpha value is -2.94. The Kier molecular flexibility index (Phi) is 4.69. The third-order valence-electron chi connectivity index (χ3n) is 5.39. The fraction of sp³-hybridized carbons (Fsp3) is 0.136. The van der Waals surface area contributed by atoms with Gasteiger partial charge in [-0.15, -0.1) is 11.3 Å². The van der Waals surface area contributed by atoms with Crippen molar-refractivity contribution in [3.63, 3.8) is 0 Å². The predicted octanol–water partition coefficient (Wildman–Crippen LogP) is 4.23. The molecule has 2 aromatic carbocycles. The lowest BCUT2D eigenvalue weighted by Crippen LogP contribution is -2.36. The van der Waals surface area contributed by atoms with E-state index in [2.05, 4.69) is 10.3 Å². The molecule has 4 aromatic rings. The number of carbonyl (C=O) groups excluding carboxylic acids is 1. The zero-order chi connectivity index (χ0) is 20.7. The van der Waals surface area contributed by atoms with Crippen LogP contribution in [-0.4, -0.2) is 30.2 Å². The number of nitrogens with one attached hydrogen (secondary N) is 2. The van der Waals surface area contributed by atoms with Crippen LogP contribution in [0.5, 0.6) is 0 Å². The highest BCUT2D eigenvalue weighted by molar-refractivity contribution is 7.89. The number of fused-ring (bicyclic) bond motifs is 2. The first kappa shape index (κ1) is 19.0. The lowest BCUT2D eigenvalue weighted by atomic mass is 10.0. The van der Waals surface area contributed by atoms with E-state index in [1.165, 1.54) is 15.9 Å². The standard InChI is InChI=1S/C22H19N3O3S2/c26-22(24-19-7-3-6-18-17(19)8-11-23-18)21-20(10-13-29-21)30(27,28)25-12-9-15-4-1-2-5-16(15)14-25/h1-8,10-11,13,23H,9,12,14H2,(H,24,26). The van der Waals surface area contributed by atoms with Crippen molar-refractivity contribution in [1.29, 1.82) is 0 Å². The highest BCUT2D eigenvalue weighted by Gasteiger charge is 2.32. The molecule has 3 heterocycles. The van der Waals surface area contributed by atoms with Gasteiger partial charge in [-0.3, -0.25) is 4.79 Å². The fourth-order valence-electron chi connectivity index (χ4n) is 3.85. The summed E-state index contributed by atoms with van der Waals surface area (Å²) >= 11 is 1.14. The van der Waals surface area contributed by atoms with Crippen LogP contribution in [0.3, 0.4) is 0 Å². The zero-order valence-corrected chi connectivity index (χ0v) is 17.6. The van der Waals surface area contributed by atoms with Crippen LogP contribution in [0.1, 0.15) is 20.8 Å². The number of benzene rings is 2. The topological polar surface area (TPSA) is 82.3 Å². The summed E-state index contributed by atoms with van der Waals surface area (Å²) in [6.45, 7) is 0.719. The summed E-state index contributed by atoms with van der Waals surface area (Å²) < 4.78 is 28.2. The van der Waals surface area contributed by atoms with Gasteiger partial charge in [-0.2, -0.15) is 4.31 Å². The van der Waals surface area contributed by atoms with E-state index < -0.39 is 15.9 Å². The Morgan fingerprint density at radius 1 is 1.03 bits per heavy atom. The molecule has 152 valence electrons. The van der Waals surface area contributed by atoms with Gasteiger partial charge in [0.1, 0.15) is 9.77 Å². The molecular formula is C22H19N3O3S2. The number of thiophene rings is 1. The van der Waals surface area contributed by atoms with Gasteiger partial charge in [0.25, 0.3) is 5.91 Å². The first-order valence-corrected chi connectivity index (χ1v) is 11.9. The number of hydrogen-bond donors (Lipinski definition) is 2. The fourth-order valence-corrected chi connectivity index (χ4v) is 6.57. The van der Waals surface area contributed by atoms with Crippen molar-refractivity contribution >= 4 is 43.9 Å². The molecule has 1 amide bonds. The van der Waals surface area contributed by atoms with E-state index in [0.29, 0.717) is 25.2 Å². The first-order valence-electron chi connectivity index (χ1n) is 9.56. The molecule has 1 aliphatic heterocycles. The lowest BCUT2D eigenvalue weighted by molar-refractivity contribution is 0.102. The molecule has 1 aliphatic rings. The number of amides is 1. The number of hydrogen-bond acceptors (Lipinski definition) is 4. The number of H-pyrrole nitrogens is 1. The quantitative estimate of drug-likeness (QED) is 0.501. The van der Waals surface area contributed by atoms with E-state index >= 15 is 0 Å². The van der Waals surface area contributed by atoms with Crippen LogP contribution in [0, 0.1) is 0 Å². The number of carbonyl (C=O) groups is 1. The molecule has 6 nitrogen and oxygen atoms in total. The molecule has 0 saturated carbocycles. The molecule has 0 radical (unpaired) electrons. The summed E-state index contributed by atoms with van der Waals surface area (Å²) in [5, 5.41) is 5.40. The van der Waals surface area contributed by atoms with Crippen LogP contribution >= 0.6 is 11.3 Å². The van der Waals surface area contributed by atoms with Gasteiger partial charge in [0, 0.05) is 30.2 Å². The summed E-state index contributed by atoms with van der Waals surface area (Å²) in [7, 11) is -3.78. The van der Waals surface area contributed by atoms with Gasteiger partial charge < -0.3 is 10.3 Å². The van der Waals surface area contributed by atoms with E-state index in [9.17, 15) is 13.2 Å². The monoisotopic (exact) mass is 437 g/mol. The van der Waals surface area contributed by atoms with Crippen molar-refractivity contribution in [1.82, 2.24) is 9.29 Å². The van der Waals surface area contributed by atoms with E-state index in [0.717, 1.165) is 27.8 Å². The van der Waals surface area contributed by atoms with E-state index in [4.69, 9.17) is 0 Å². The smallest absolute Gasteiger partial charge is 0.267 e. The van der Waals surface area contributed by atoms with E-state index in [-0.39, 0.29) is 9.77 Å². The molecule has 2 N–H and O–H groups in total. The van der Waals surface area contributed by atoms with Crippen LogP contribution in [-0.2, 0) is 23.0 Å². The molecule has 0 spiro atoms. The highest BCUT2D eigenvalue weighted by Crippen LogP contribution is 2.31. The number of rotatable bonds is 4. The summed E-state index contributed by atoms with van der Waals surface area (Å²) in [6, 6.07) is 16.8. The Labute approximate surface area is 178 Å². The van der Waals surface area contributed by atoms with Gasteiger partial charge in [0.2, 0.25) is 10.0 Å². The minimum absolute atomic E-state index is 0.0608. The number of anilines is 1. The SMILES string of the molecule is O=C(Nc1cccc2[nH]ccc12)c1sccc1S(=O)(=O)N1CCc2ccccc2C1. The van der Waals surface area contributed by atoms with Gasteiger partial charge in [0.15, 0.2) is 0 Å². The molecular weight excluding hydrogens is 418 g/mol. The molecule has 0 unspecified atom stereocenters. The molecule has 0 fully saturated rings. The molecule has 0 aliphatic carbocycles. The predicted molar refractivity (Wildman–Crippen MR) is 118 cm³/mol. The van der Waals surface area contributed by atoms with Gasteiger partial charge in [-0.1, -0.05) is 30.3 Å². The third-order valence-corrected chi connectivity index (χ3v) is 8.32. The second kappa shape index (κ2) is 7.39. The number of aromatic nitrogens is 1. The summed E-state index contributed by atoms with van der Waals surface area (Å²) in [5.41, 5.74) is 3.72. The van der Waals surface area contributed by atoms with Crippen molar-refractivity contribution in [3.05, 3.63) is 82.2 Å². The molecule has 8 heteroatoms. The minimum Gasteiger partial charge on any atom is -0.361 e. The normalized spacial score (nSPS) is 14.5. The average molecular weight is 438 g/mol. The van der Waals surface area contributed by atoms with Gasteiger partial charge in [-0.05, 0) is 47.2 Å². The maximum atomic E-state index is 13.4. The Bertz CT molecular complexity index is 1350. The van der Waals surface area contributed by atoms with Crippen molar-refractivity contribution in [3.8, 4) is 0 Å². The van der Waals surface area contributed by atoms with E-state index in [1.807, 2.05) is 42.5 Å². The van der Waals surface area contributed by atoms with Crippen molar-refractivity contribution < 1.29 is 13.2 Å². The van der Waals surface area contributed by atoms with Crippen LogP contribution in [0.2, 0.25) is 0 Å². The Balaban J connectivity index is 1.44. The second-order valence-electron chi connectivity index (χ2n) is 7.17. The van der Waals surface area contributed by atoms with Gasteiger partial charge >= 0.3 is 0 Å². The second-order valence-corrected chi connectivity index (χ2v) is 9.99. The zero-order valence-electron chi connectivity index (χ0n) is 16.0. The largest absolute Gasteiger partial charge is 0.361 e. The van der Waals surface area contributed by atoms with Crippen molar-refractivity contribution in [2.75, 3.05) is 11.9 Å². The molecule has 0 saturated heterocycles. The summed E-state index contributed by atoms with van der Waals surface area (Å²) in [5.74, 6) is -0.422. The molecule has 2 aromatic heterocycles. The molecule has 0 bridgehead atoms. The van der Waals surface area contributed by atoms with Gasteiger partial charge in [-0.25, -0.2) is 8.42 Å². The maximum absolute atomic E-state index is 13.4. The Morgan fingerprint density at radius 3 is 2.73 bits per heavy atom. The Morgan fingerprint density at radius 2 is 1.87 bits per heavy atom. The van der Waals surface area contributed by atoms with Crippen LogP contribution in [0.25, 0.3) is 10.9 Å². The molecule has 30 heavy (non-hydrogen) atoms. The van der Waals surface area contributed by atoms with Gasteiger partial charge in [0.05, 0.1) is 5.69 Å². The molecule has 0 atom stereocenters. The lowest BCUT2D eigenvalue weighted by Gasteiger charge is -2.28. The number of aromatic amines is 1. The minimum atomic E-state index is -3.78. The van der Waals surface area contributed by atoms with E-state index in [1.54, 1.807) is 17.6 Å². The van der Waals surface area contributed by atoms with Crippen LogP contribution < -0.4 is 5.32 Å². The average Bonchev–Trinajstić information content (AvgIpc) is 3.44. The number of sulfonamides is 1. The summed E-state index contributed by atoms with van der Waals surface area (Å²) in [4.78, 5) is 16.4. The van der Waals surface area contributed by atoms with Crippen LogP contribution in [0.4, 0.5) is 5.69 Å². The van der Waals surface area contributed by atoms with Crippen molar-refractivity contribution in [2.45, 2.75) is 17.9 Å². The summed E-state index contributed by atoms with van der Waals surface area (Å²) in [6.07, 6.45) is 2.46. The highest BCUT2D eigenvalue weighted by atomic mass is 32.2. The van der Waals surface area contributed by atoms with Crippen LogP contribution in [0.15, 0.2) is 71.1 Å². The first-order chi connectivity index (χ1) is 14.5. The third kappa shape index (κ3) is 3.23. The number of nitrogens with zero attached hydrogens (tertiary/aromatic N) is 1. The maximum Gasteiger partial charge on any atom is 0.267 e.